The summed E-state index contributed by atoms with van der Waals surface area (Å²) in [5, 5.41) is 4.39. The number of halogens is 1. The molecule has 0 atom stereocenters. The Bertz CT molecular complexity index is 1410. The van der Waals surface area contributed by atoms with Crippen LogP contribution < -0.4 is 5.73 Å². The molecule has 3 heterocycles. The minimum absolute atomic E-state index is 0.0380. The van der Waals surface area contributed by atoms with Gasteiger partial charge in [-0.1, -0.05) is 19.6 Å². The average molecular weight is 561 g/mol. The second kappa shape index (κ2) is 10.6. The molecule has 0 aliphatic carbocycles. The molecule has 1 fully saturated rings. The molecule has 1 aliphatic heterocycles. The van der Waals surface area contributed by atoms with E-state index in [1.54, 1.807) is 35.1 Å². The fraction of sp³-hybridized carbons (Fsp3) is 0.538. The Morgan fingerprint density at radius 3 is 2.28 bits per heavy atom. The van der Waals surface area contributed by atoms with E-state index in [1.165, 1.54) is 16.8 Å². The summed E-state index contributed by atoms with van der Waals surface area (Å²) < 4.78 is 29.1. The largest absolute Gasteiger partial charge is 0.444 e. The molecule has 0 saturated carbocycles. The first-order valence-corrected chi connectivity index (χ1v) is 16.7. The number of primary amides is 1. The molecule has 1 aromatic carbocycles. The molecule has 39 heavy (non-hydrogen) atoms. The highest BCUT2D eigenvalue weighted by atomic mass is 28.3. The predicted octanol–water partition coefficient (Wildman–Crippen LogP) is 3.53. The topological polar surface area (TPSA) is 124 Å². The molecule has 4 rings (SSSR count). The average Bonchev–Trinajstić information content (AvgIpc) is 3.37. The number of nitrogens with two attached hydrogens (primary N) is 1. The van der Waals surface area contributed by atoms with Crippen LogP contribution in [0.5, 0.6) is 0 Å². The third-order valence-corrected chi connectivity index (χ3v) is 8.19. The molecule has 0 bridgehead atoms. The van der Waals surface area contributed by atoms with Gasteiger partial charge in [0.1, 0.15) is 29.2 Å². The number of hydrogen-bond donors (Lipinski definition) is 1. The smallest absolute Gasteiger partial charge is 0.410 e. The summed E-state index contributed by atoms with van der Waals surface area (Å²) >= 11 is 0. The summed E-state index contributed by atoms with van der Waals surface area (Å²) in [5.41, 5.74) is 6.25. The summed E-state index contributed by atoms with van der Waals surface area (Å²) in [6.45, 7) is 13.9. The number of benzene rings is 1. The molecule has 3 amide bonds. The number of nitrogens with zero attached hydrogens (tertiary/aromatic N) is 5. The minimum Gasteiger partial charge on any atom is -0.444 e. The highest BCUT2D eigenvalue weighted by Crippen LogP contribution is 2.28. The summed E-state index contributed by atoms with van der Waals surface area (Å²) in [5.74, 6) is -1.73. The van der Waals surface area contributed by atoms with Crippen molar-refractivity contribution in [2.24, 2.45) is 5.73 Å². The van der Waals surface area contributed by atoms with Crippen LogP contribution in [0.15, 0.2) is 18.3 Å². The lowest BCUT2D eigenvalue weighted by Gasteiger charge is -2.35. The van der Waals surface area contributed by atoms with Crippen molar-refractivity contribution >= 4 is 42.7 Å². The van der Waals surface area contributed by atoms with Gasteiger partial charge in [-0.25, -0.2) is 13.7 Å². The molecule has 11 nitrogen and oxygen atoms in total. The number of carbonyl (C=O) groups excluding carboxylic acids is 3. The van der Waals surface area contributed by atoms with Crippen LogP contribution in [-0.2, 0) is 16.2 Å². The number of amides is 3. The zero-order valence-corrected chi connectivity index (χ0v) is 24.4. The van der Waals surface area contributed by atoms with E-state index >= 15 is 0 Å². The molecule has 1 aliphatic rings. The van der Waals surface area contributed by atoms with Gasteiger partial charge < -0.3 is 25.0 Å². The maximum atomic E-state index is 14.6. The van der Waals surface area contributed by atoms with Crippen molar-refractivity contribution in [1.29, 1.82) is 0 Å². The van der Waals surface area contributed by atoms with E-state index in [0.29, 0.717) is 49.5 Å². The first kappa shape index (κ1) is 28.6. The van der Waals surface area contributed by atoms with Crippen molar-refractivity contribution in [2.45, 2.75) is 58.8 Å². The van der Waals surface area contributed by atoms with Gasteiger partial charge in [-0.15, -0.1) is 0 Å². The van der Waals surface area contributed by atoms with Crippen LogP contribution in [0.4, 0.5) is 9.18 Å². The van der Waals surface area contributed by atoms with Crippen molar-refractivity contribution in [3.05, 3.63) is 35.3 Å². The van der Waals surface area contributed by atoms with Crippen LogP contribution in [0.3, 0.4) is 0 Å². The molecular formula is C26H37FN6O5Si. The third kappa shape index (κ3) is 6.25. The standard InChI is InChI=1S/C26H37FN6O5Si/c1-26(2,3)38-25(36)31-9-7-30(8-10-31)24(35)19-15-29-33-21-18(22(28)34)13-17(27)14-20(21)32(23(19)33)16-37-11-12-39(4,5)6/h13-15H,7-12,16H2,1-6H3,(H2,28,34). The Morgan fingerprint density at radius 2 is 1.69 bits per heavy atom. The maximum absolute atomic E-state index is 14.6. The summed E-state index contributed by atoms with van der Waals surface area (Å²) in [6.07, 6.45) is 1.02. The zero-order valence-electron chi connectivity index (χ0n) is 23.4. The molecule has 0 unspecified atom stereocenters. The number of piperazine rings is 1. The van der Waals surface area contributed by atoms with Gasteiger partial charge >= 0.3 is 6.09 Å². The van der Waals surface area contributed by atoms with E-state index in [0.717, 1.165) is 12.1 Å². The molecule has 3 aromatic rings. The van der Waals surface area contributed by atoms with E-state index in [2.05, 4.69) is 24.7 Å². The van der Waals surface area contributed by atoms with Gasteiger partial charge in [-0.05, 0) is 38.9 Å². The van der Waals surface area contributed by atoms with E-state index < -0.39 is 31.5 Å². The number of hydrogen-bond acceptors (Lipinski definition) is 6. The Hall–Kier alpha value is -3.45. The van der Waals surface area contributed by atoms with Crippen LogP contribution in [0, 0.1) is 5.82 Å². The fourth-order valence-electron chi connectivity index (χ4n) is 4.49. The quantitative estimate of drug-likeness (QED) is 0.348. The molecule has 13 heteroatoms. The van der Waals surface area contributed by atoms with Crippen molar-refractivity contribution < 1.29 is 28.2 Å². The minimum atomic E-state index is -1.36. The highest BCUT2D eigenvalue weighted by Gasteiger charge is 2.31. The predicted molar refractivity (Wildman–Crippen MR) is 147 cm³/mol. The number of ether oxygens (including phenoxy) is 2. The highest BCUT2D eigenvalue weighted by molar-refractivity contribution is 6.76. The van der Waals surface area contributed by atoms with E-state index in [9.17, 15) is 18.8 Å². The lowest BCUT2D eigenvalue weighted by Crippen LogP contribution is -2.51. The fourth-order valence-corrected chi connectivity index (χ4v) is 5.24. The Morgan fingerprint density at radius 1 is 1.05 bits per heavy atom. The van der Waals surface area contributed by atoms with Crippen LogP contribution in [0.25, 0.3) is 16.7 Å². The van der Waals surface area contributed by atoms with Crippen molar-refractivity contribution in [3.63, 3.8) is 0 Å². The van der Waals surface area contributed by atoms with Crippen LogP contribution in [0.2, 0.25) is 25.7 Å². The van der Waals surface area contributed by atoms with Crippen molar-refractivity contribution in [2.75, 3.05) is 32.8 Å². The summed E-state index contributed by atoms with van der Waals surface area (Å²) in [7, 11) is -1.36. The van der Waals surface area contributed by atoms with Crippen LogP contribution in [0.1, 0.15) is 41.5 Å². The molecule has 2 N–H and O–H groups in total. The van der Waals surface area contributed by atoms with Crippen molar-refractivity contribution in [1.82, 2.24) is 24.0 Å². The van der Waals surface area contributed by atoms with Crippen molar-refractivity contribution in [3.8, 4) is 0 Å². The molecule has 1 saturated heterocycles. The molecule has 212 valence electrons. The van der Waals surface area contributed by atoms with Gasteiger partial charge in [0.05, 0.1) is 17.3 Å². The van der Waals surface area contributed by atoms with Gasteiger partial charge in [-0.3, -0.25) is 14.2 Å². The maximum Gasteiger partial charge on any atom is 0.410 e. The number of imidazole rings is 1. The van der Waals surface area contributed by atoms with E-state index in [1.807, 2.05) is 0 Å². The number of fused-ring (bicyclic) bond motifs is 3. The van der Waals surface area contributed by atoms with Gasteiger partial charge in [0.2, 0.25) is 0 Å². The molecular weight excluding hydrogens is 523 g/mol. The summed E-state index contributed by atoms with van der Waals surface area (Å²) in [4.78, 5) is 41.6. The van der Waals surface area contributed by atoms with Gasteiger partial charge in [-0.2, -0.15) is 5.10 Å². The SMILES string of the molecule is CC(C)(C)OC(=O)N1CCN(C(=O)c2cnn3c4c(C(N)=O)cc(F)cc4n(COCC[Si](C)(C)C)c23)CC1. The third-order valence-electron chi connectivity index (χ3n) is 6.49. The molecule has 2 aromatic heterocycles. The Kier molecular flexibility index (Phi) is 7.76. The molecule has 0 radical (unpaired) electrons. The second-order valence-corrected chi connectivity index (χ2v) is 17.6. The van der Waals surface area contributed by atoms with Crippen LogP contribution >= 0.6 is 0 Å². The molecule has 0 spiro atoms. The summed E-state index contributed by atoms with van der Waals surface area (Å²) in [6, 6.07) is 3.28. The first-order chi connectivity index (χ1) is 18.2. The van der Waals surface area contributed by atoms with Gasteiger partial charge in [0.25, 0.3) is 11.8 Å². The zero-order chi connectivity index (χ0) is 28.7. The Labute approximate surface area is 227 Å². The lowest BCUT2D eigenvalue weighted by atomic mass is 10.1. The number of aromatic nitrogens is 3. The Balaban J connectivity index is 1.67. The monoisotopic (exact) mass is 560 g/mol. The van der Waals surface area contributed by atoms with Gasteiger partial charge in [0.15, 0.2) is 5.65 Å². The second-order valence-electron chi connectivity index (χ2n) is 12.0. The van der Waals surface area contributed by atoms with Crippen LogP contribution in [-0.4, -0.2) is 88.3 Å². The normalized spacial score (nSPS) is 14.8. The van der Waals surface area contributed by atoms with Gasteiger partial charge in [0, 0.05) is 40.9 Å². The lowest BCUT2D eigenvalue weighted by molar-refractivity contribution is 0.0141. The number of rotatable bonds is 7. The van der Waals surface area contributed by atoms with E-state index in [4.69, 9.17) is 15.2 Å². The first-order valence-electron chi connectivity index (χ1n) is 13.0. The van der Waals surface area contributed by atoms with E-state index in [-0.39, 0.29) is 23.8 Å². The number of carbonyl (C=O) groups is 3.